The van der Waals surface area contributed by atoms with Gasteiger partial charge in [0.25, 0.3) is 0 Å². The molecule has 0 aliphatic carbocycles. The third-order valence-electron chi connectivity index (χ3n) is 3.30. The third kappa shape index (κ3) is 2.98. The maximum absolute atomic E-state index is 10.0. The Morgan fingerprint density at radius 1 is 1.00 bits per heavy atom. The van der Waals surface area contributed by atoms with Crippen molar-refractivity contribution in [2.45, 2.75) is 6.54 Å². The second-order valence-corrected chi connectivity index (χ2v) is 4.84. The van der Waals surface area contributed by atoms with Crippen LogP contribution in [0.4, 0.5) is 11.6 Å². The standard InChI is InChI=1S/C17H16N4O/c18-17-20-11-12(10-19-13-6-2-1-3-7-13)16(21-17)14-8-4-5-9-15(14)22/h1-9,11,19,22H,10H2,(H2,18,20,21). The van der Waals surface area contributed by atoms with E-state index in [1.165, 1.54) is 0 Å². The van der Waals surface area contributed by atoms with E-state index in [0.29, 0.717) is 17.8 Å². The molecule has 0 saturated carbocycles. The molecular weight excluding hydrogens is 276 g/mol. The van der Waals surface area contributed by atoms with Crippen LogP contribution in [0.5, 0.6) is 5.75 Å². The quantitative estimate of drug-likeness (QED) is 0.688. The first-order valence-electron chi connectivity index (χ1n) is 6.93. The number of nitrogens with one attached hydrogen (secondary N) is 1. The lowest BCUT2D eigenvalue weighted by molar-refractivity contribution is 0.477. The lowest BCUT2D eigenvalue weighted by Gasteiger charge is -2.12. The SMILES string of the molecule is Nc1ncc(CNc2ccccc2)c(-c2ccccc2O)n1. The zero-order chi connectivity index (χ0) is 15.4. The minimum atomic E-state index is 0.168. The second-order valence-electron chi connectivity index (χ2n) is 4.84. The van der Waals surface area contributed by atoms with Gasteiger partial charge >= 0.3 is 0 Å². The van der Waals surface area contributed by atoms with Crippen LogP contribution >= 0.6 is 0 Å². The summed E-state index contributed by atoms with van der Waals surface area (Å²) < 4.78 is 0. The van der Waals surface area contributed by atoms with Crippen LogP contribution in [0.1, 0.15) is 5.56 Å². The van der Waals surface area contributed by atoms with Gasteiger partial charge in [0.2, 0.25) is 5.95 Å². The maximum atomic E-state index is 10.0. The van der Waals surface area contributed by atoms with Crippen LogP contribution in [0.15, 0.2) is 60.8 Å². The van der Waals surface area contributed by atoms with E-state index in [9.17, 15) is 5.11 Å². The number of nitrogens with two attached hydrogens (primary N) is 1. The molecule has 110 valence electrons. The Kier molecular flexibility index (Phi) is 3.87. The summed E-state index contributed by atoms with van der Waals surface area (Å²) in [5, 5.41) is 13.4. The van der Waals surface area contributed by atoms with E-state index >= 15 is 0 Å². The highest BCUT2D eigenvalue weighted by Gasteiger charge is 2.12. The van der Waals surface area contributed by atoms with E-state index in [1.54, 1.807) is 18.3 Å². The minimum Gasteiger partial charge on any atom is -0.507 e. The highest BCUT2D eigenvalue weighted by atomic mass is 16.3. The fraction of sp³-hybridized carbons (Fsp3) is 0.0588. The van der Waals surface area contributed by atoms with Crippen LogP contribution < -0.4 is 11.1 Å². The summed E-state index contributed by atoms with van der Waals surface area (Å²) in [6.07, 6.45) is 1.68. The molecule has 0 saturated heterocycles. The number of phenolic OH excluding ortho intramolecular Hbond substituents is 1. The van der Waals surface area contributed by atoms with Crippen LogP contribution in [-0.4, -0.2) is 15.1 Å². The van der Waals surface area contributed by atoms with Crippen molar-refractivity contribution in [1.29, 1.82) is 0 Å². The van der Waals surface area contributed by atoms with Crippen molar-refractivity contribution in [3.05, 3.63) is 66.4 Å². The average Bonchev–Trinajstić information content (AvgIpc) is 2.55. The van der Waals surface area contributed by atoms with E-state index in [4.69, 9.17) is 5.73 Å². The molecule has 0 fully saturated rings. The molecule has 1 heterocycles. The first-order valence-corrected chi connectivity index (χ1v) is 6.93. The van der Waals surface area contributed by atoms with Gasteiger partial charge in [0.05, 0.1) is 5.69 Å². The lowest BCUT2D eigenvalue weighted by atomic mass is 10.1. The summed E-state index contributed by atoms with van der Waals surface area (Å²) >= 11 is 0. The average molecular weight is 292 g/mol. The Hall–Kier alpha value is -3.08. The monoisotopic (exact) mass is 292 g/mol. The van der Waals surface area contributed by atoms with Crippen molar-refractivity contribution in [2.24, 2.45) is 0 Å². The van der Waals surface area contributed by atoms with Crippen LogP contribution in [0.25, 0.3) is 11.3 Å². The number of aromatic nitrogens is 2. The van der Waals surface area contributed by atoms with Crippen molar-refractivity contribution in [2.75, 3.05) is 11.1 Å². The molecular formula is C17H16N4O. The number of hydrogen-bond acceptors (Lipinski definition) is 5. The predicted octanol–water partition coefficient (Wildman–Crippen LogP) is 3.04. The van der Waals surface area contributed by atoms with Crippen LogP contribution in [0, 0.1) is 0 Å². The van der Waals surface area contributed by atoms with Crippen molar-refractivity contribution in [3.8, 4) is 17.0 Å². The summed E-state index contributed by atoms with van der Waals surface area (Å²) in [7, 11) is 0. The van der Waals surface area contributed by atoms with E-state index in [1.807, 2.05) is 42.5 Å². The minimum absolute atomic E-state index is 0.168. The fourth-order valence-electron chi connectivity index (χ4n) is 2.21. The number of aromatic hydroxyl groups is 1. The molecule has 3 aromatic rings. The second kappa shape index (κ2) is 6.13. The molecule has 5 nitrogen and oxygen atoms in total. The van der Waals surface area contributed by atoms with Crippen LogP contribution in [-0.2, 0) is 6.54 Å². The highest BCUT2D eigenvalue weighted by Crippen LogP contribution is 2.30. The molecule has 0 bridgehead atoms. The molecule has 4 N–H and O–H groups in total. The Labute approximate surface area is 128 Å². The fourth-order valence-corrected chi connectivity index (χ4v) is 2.21. The van der Waals surface area contributed by atoms with Gasteiger partial charge in [-0.2, -0.15) is 0 Å². The molecule has 5 heteroatoms. The van der Waals surface area contributed by atoms with Crippen molar-refractivity contribution in [1.82, 2.24) is 9.97 Å². The Morgan fingerprint density at radius 3 is 2.50 bits per heavy atom. The van der Waals surface area contributed by atoms with Gasteiger partial charge in [-0.25, -0.2) is 9.97 Å². The number of hydrogen-bond donors (Lipinski definition) is 3. The number of para-hydroxylation sites is 2. The first-order chi connectivity index (χ1) is 10.7. The van der Waals surface area contributed by atoms with Gasteiger partial charge in [0.1, 0.15) is 5.75 Å². The number of rotatable bonds is 4. The Balaban J connectivity index is 1.93. The maximum Gasteiger partial charge on any atom is 0.220 e. The van der Waals surface area contributed by atoms with Gasteiger partial charge in [-0.15, -0.1) is 0 Å². The number of benzene rings is 2. The number of phenols is 1. The summed E-state index contributed by atoms with van der Waals surface area (Å²) in [5.41, 5.74) is 8.83. The van der Waals surface area contributed by atoms with E-state index in [-0.39, 0.29) is 11.7 Å². The molecule has 0 amide bonds. The van der Waals surface area contributed by atoms with Crippen molar-refractivity contribution >= 4 is 11.6 Å². The molecule has 3 rings (SSSR count). The van der Waals surface area contributed by atoms with Gasteiger partial charge in [0.15, 0.2) is 0 Å². The molecule has 2 aromatic carbocycles. The van der Waals surface area contributed by atoms with E-state index in [0.717, 1.165) is 11.3 Å². The van der Waals surface area contributed by atoms with Crippen molar-refractivity contribution < 1.29 is 5.11 Å². The first kappa shape index (κ1) is 13.9. The number of anilines is 2. The Morgan fingerprint density at radius 2 is 1.73 bits per heavy atom. The van der Waals surface area contributed by atoms with Crippen LogP contribution in [0.3, 0.4) is 0 Å². The smallest absolute Gasteiger partial charge is 0.220 e. The summed E-state index contributed by atoms with van der Waals surface area (Å²) in [6.45, 7) is 0.536. The molecule has 0 aliphatic rings. The van der Waals surface area contributed by atoms with Crippen molar-refractivity contribution in [3.63, 3.8) is 0 Å². The topological polar surface area (TPSA) is 84.1 Å². The Bertz CT molecular complexity index is 775. The lowest BCUT2D eigenvalue weighted by Crippen LogP contribution is -2.06. The molecule has 0 unspecified atom stereocenters. The third-order valence-corrected chi connectivity index (χ3v) is 3.30. The van der Waals surface area contributed by atoms with Gasteiger partial charge in [-0.05, 0) is 24.3 Å². The van der Waals surface area contributed by atoms with Gasteiger partial charge in [-0.1, -0.05) is 30.3 Å². The summed E-state index contributed by atoms with van der Waals surface area (Å²) in [5.74, 6) is 0.350. The number of nitrogen functional groups attached to an aromatic ring is 1. The predicted molar refractivity (Wildman–Crippen MR) is 87.3 cm³/mol. The largest absolute Gasteiger partial charge is 0.507 e. The summed E-state index contributed by atoms with van der Waals surface area (Å²) in [6, 6.07) is 16.9. The van der Waals surface area contributed by atoms with Gasteiger partial charge in [0, 0.05) is 29.6 Å². The zero-order valence-corrected chi connectivity index (χ0v) is 11.9. The molecule has 1 aromatic heterocycles. The van der Waals surface area contributed by atoms with E-state index < -0.39 is 0 Å². The molecule has 0 aliphatic heterocycles. The molecule has 22 heavy (non-hydrogen) atoms. The molecule has 0 atom stereocenters. The normalized spacial score (nSPS) is 10.4. The van der Waals surface area contributed by atoms with Gasteiger partial charge < -0.3 is 16.2 Å². The van der Waals surface area contributed by atoms with Gasteiger partial charge in [-0.3, -0.25) is 0 Å². The highest BCUT2D eigenvalue weighted by molar-refractivity contribution is 5.70. The molecule has 0 radical (unpaired) electrons. The summed E-state index contributed by atoms with van der Waals surface area (Å²) in [4.78, 5) is 8.34. The molecule has 0 spiro atoms. The van der Waals surface area contributed by atoms with Crippen LogP contribution in [0.2, 0.25) is 0 Å². The van der Waals surface area contributed by atoms with E-state index in [2.05, 4.69) is 15.3 Å². The zero-order valence-electron chi connectivity index (χ0n) is 11.9. The number of nitrogens with zero attached hydrogens (tertiary/aromatic N) is 2.